The highest BCUT2D eigenvalue weighted by Gasteiger charge is 2.14. The molecule has 5 heteroatoms. The molecule has 1 aromatic rings. The molecule has 1 aliphatic heterocycles. The van der Waals surface area contributed by atoms with Crippen molar-refractivity contribution in [2.45, 2.75) is 19.0 Å². The standard InChI is InChI=1S/C11H14N2O3/c14-11(15)10-3-1-2-8(13-10)6-12-9-4-5-16-7-9/h1-3,9,12H,4-7H2,(H,14,15). The molecule has 0 amide bonds. The fraction of sp³-hybridized carbons (Fsp3) is 0.455. The van der Waals surface area contributed by atoms with Gasteiger partial charge in [-0.3, -0.25) is 0 Å². The molecule has 5 nitrogen and oxygen atoms in total. The number of hydrogen-bond acceptors (Lipinski definition) is 4. The lowest BCUT2D eigenvalue weighted by Crippen LogP contribution is -2.29. The fourth-order valence-electron chi connectivity index (χ4n) is 1.64. The van der Waals surface area contributed by atoms with Crippen molar-refractivity contribution in [2.24, 2.45) is 0 Å². The zero-order valence-electron chi connectivity index (χ0n) is 8.85. The first kappa shape index (κ1) is 11.0. The molecule has 2 rings (SSSR count). The highest BCUT2D eigenvalue weighted by molar-refractivity contribution is 5.85. The van der Waals surface area contributed by atoms with Gasteiger partial charge >= 0.3 is 5.97 Å². The summed E-state index contributed by atoms with van der Waals surface area (Å²) in [6, 6.07) is 5.37. The molecular weight excluding hydrogens is 208 g/mol. The second kappa shape index (κ2) is 5.05. The largest absolute Gasteiger partial charge is 0.477 e. The Balaban J connectivity index is 1.93. The number of ether oxygens (including phenoxy) is 1. The van der Waals surface area contributed by atoms with Crippen LogP contribution in [0.5, 0.6) is 0 Å². The maximum absolute atomic E-state index is 10.7. The molecule has 2 heterocycles. The van der Waals surface area contributed by atoms with E-state index < -0.39 is 5.97 Å². The highest BCUT2D eigenvalue weighted by atomic mass is 16.5. The number of carboxylic acid groups (broad SMARTS) is 1. The molecule has 0 aromatic carbocycles. The van der Waals surface area contributed by atoms with E-state index in [4.69, 9.17) is 9.84 Å². The van der Waals surface area contributed by atoms with E-state index >= 15 is 0 Å². The number of nitrogens with zero attached hydrogens (tertiary/aromatic N) is 1. The van der Waals surface area contributed by atoms with Crippen LogP contribution in [0.15, 0.2) is 18.2 Å². The SMILES string of the molecule is O=C(O)c1cccc(CNC2CCOC2)n1. The van der Waals surface area contributed by atoms with Crippen LogP contribution in [0.25, 0.3) is 0 Å². The van der Waals surface area contributed by atoms with E-state index in [0.717, 1.165) is 25.3 Å². The monoisotopic (exact) mass is 222 g/mol. The van der Waals surface area contributed by atoms with E-state index in [1.54, 1.807) is 6.07 Å². The molecule has 1 unspecified atom stereocenters. The van der Waals surface area contributed by atoms with Crippen LogP contribution in [0.3, 0.4) is 0 Å². The predicted molar refractivity (Wildman–Crippen MR) is 57.3 cm³/mol. The van der Waals surface area contributed by atoms with Crippen molar-refractivity contribution >= 4 is 5.97 Å². The Labute approximate surface area is 93.5 Å². The summed E-state index contributed by atoms with van der Waals surface area (Å²) in [6.45, 7) is 2.09. The van der Waals surface area contributed by atoms with Gasteiger partial charge in [-0.05, 0) is 18.6 Å². The molecule has 1 fully saturated rings. The highest BCUT2D eigenvalue weighted by Crippen LogP contribution is 2.05. The van der Waals surface area contributed by atoms with Crippen molar-refractivity contribution in [3.8, 4) is 0 Å². The van der Waals surface area contributed by atoms with Crippen LogP contribution >= 0.6 is 0 Å². The van der Waals surface area contributed by atoms with Gasteiger partial charge in [0.05, 0.1) is 12.3 Å². The minimum absolute atomic E-state index is 0.0852. The molecule has 16 heavy (non-hydrogen) atoms. The van der Waals surface area contributed by atoms with Crippen LogP contribution < -0.4 is 5.32 Å². The van der Waals surface area contributed by atoms with Gasteiger partial charge < -0.3 is 15.2 Å². The van der Waals surface area contributed by atoms with Gasteiger partial charge in [0, 0.05) is 19.2 Å². The van der Waals surface area contributed by atoms with E-state index in [1.807, 2.05) is 6.07 Å². The first-order valence-corrected chi connectivity index (χ1v) is 5.26. The summed E-state index contributed by atoms with van der Waals surface area (Å²) in [4.78, 5) is 14.7. The molecular formula is C11H14N2O3. The molecule has 0 radical (unpaired) electrons. The third-order valence-corrected chi connectivity index (χ3v) is 2.53. The van der Waals surface area contributed by atoms with Gasteiger partial charge in [-0.25, -0.2) is 9.78 Å². The van der Waals surface area contributed by atoms with E-state index in [0.29, 0.717) is 12.6 Å². The Hall–Kier alpha value is -1.46. The zero-order chi connectivity index (χ0) is 11.4. The molecule has 1 atom stereocenters. The number of hydrogen-bond donors (Lipinski definition) is 2. The number of carbonyl (C=O) groups is 1. The molecule has 0 spiro atoms. The first-order chi connectivity index (χ1) is 7.75. The smallest absolute Gasteiger partial charge is 0.354 e. The van der Waals surface area contributed by atoms with E-state index in [9.17, 15) is 4.79 Å². The third-order valence-electron chi connectivity index (χ3n) is 2.53. The van der Waals surface area contributed by atoms with Crippen LogP contribution in [-0.4, -0.2) is 35.3 Å². The zero-order valence-corrected chi connectivity index (χ0v) is 8.85. The van der Waals surface area contributed by atoms with Crippen LogP contribution in [-0.2, 0) is 11.3 Å². The summed E-state index contributed by atoms with van der Waals surface area (Å²) >= 11 is 0. The fourth-order valence-corrected chi connectivity index (χ4v) is 1.64. The number of rotatable bonds is 4. The number of pyridine rings is 1. The minimum atomic E-state index is -0.994. The average Bonchev–Trinajstić information content (AvgIpc) is 2.79. The van der Waals surface area contributed by atoms with Crippen LogP contribution in [0.2, 0.25) is 0 Å². The Bertz CT molecular complexity index is 375. The first-order valence-electron chi connectivity index (χ1n) is 5.26. The maximum atomic E-state index is 10.7. The molecule has 2 N–H and O–H groups in total. The summed E-state index contributed by atoms with van der Waals surface area (Å²) in [5.41, 5.74) is 0.828. The molecule has 0 saturated carbocycles. The van der Waals surface area contributed by atoms with Gasteiger partial charge in [-0.15, -0.1) is 0 Å². The molecule has 0 aliphatic carbocycles. The molecule has 0 bridgehead atoms. The molecule has 1 aromatic heterocycles. The lowest BCUT2D eigenvalue weighted by Gasteiger charge is -2.09. The van der Waals surface area contributed by atoms with E-state index in [-0.39, 0.29) is 5.69 Å². The summed E-state index contributed by atoms with van der Waals surface area (Å²) < 4.78 is 5.23. The summed E-state index contributed by atoms with van der Waals surface area (Å²) in [7, 11) is 0. The molecule has 1 aliphatic rings. The van der Waals surface area contributed by atoms with Crippen LogP contribution in [0.1, 0.15) is 22.6 Å². The summed E-state index contributed by atoms with van der Waals surface area (Å²) in [6.07, 6.45) is 0.999. The third kappa shape index (κ3) is 2.77. The molecule has 1 saturated heterocycles. The Morgan fingerprint density at radius 1 is 1.62 bits per heavy atom. The lowest BCUT2D eigenvalue weighted by atomic mass is 10.2. The average molecular weight is 222 g/mol. The number of aromatic nitrogens is 1. The van der Waals surface area contributed by atoms with Gasteiger partial charge in [-0.1, -0.05) is 6.07 Å². The van der Waals surface area contributed by atoms with Gasteiger partial charge in [0.25, 0.3) is 0 Å². The van der Waals surface area contributed by atoms with Crippen molar-refractivity contribution < 1.29 is 14.6 Å². The molecule has 86 valence electrons. The van der Waals surface area contributed by atoms with Crippen LogP contribution in [0, 0.1) is 0 Å². The van der Waals surface area contributed by atoms with Crippen molar-refractivity contribution in [1.29, 1.82) is 0 Å². The lowest BCUT2D eigenvalue weighted by molar-refractivity contribution is 0.0690. The predicted octanol–water partition coefficient (Wildman–Crippen LogP) is 0.658. The van der Waals surface area contributed by atoms with Crippen molar-refractivity contribution in [2.75, 3.05) is 13.2 Å². The normalized spacial score (nSPS) is 19.9. The number of aromatic carboxylic acids is 1. The van der Waals surface area contributed by atoms with Gasteiger partial charge in [-0.2, -0.15) is 0 Å². The quantitative estimate of drug-likeness (QED) is 0.783. The van der Waals surface area contributed by atoms with E-state index in [2.05, 4.69) is 10.3 Å². The number of nitrogens with one attached hydrogen (secondary N) is 1. The van der Waals surface area contributed by atoms with Gasteiger partial charge in [0.2, 0.25) is 0 Å². The Morgan fingerprint density at radius 2 is 2.50 bits per heavy atom. The minimum Gasteiger partial charge on any atom is -0.477 e. The Kier molecular flexibility index (Phi) is 3.48. The maximum Gasteiger partial charge on any atom is 0.354 e. The van der Waals surface area contributed by atoms with Crippen molar-refractivity contribution in [1.82, 2.24) is 10.3 Å². The Morgan fingerprint density at radius 3 is 3.19 bits per heavy atom. The summed E-state index contributed by atoms with van der Waals surface area (Å²) in [5.74, 6) is -0.994. The van der Waals surface area contributed by atoms with Crippen molar-refractivity contribution in [3.63, 3.8) is 0 Å². The van der Waals surface area contributed by atoms with Gasteiger partial charge in [0.15, 0.2) is 0 Å². The second-order valence-corrected chi connectivity index (χ2v) is 3.76. The van der Waals surface area contributed by atoms with Crippen LogP contribution in [0.4, 0.5) is 0 Å². The number of carboxylic acids is 1. The van der Waals surface area contributed by atoms with E-state index in [1.165, 1.54) is 6.07 Å². The second-order valence-electron chi connectivity index (χ2n) is 3.76. The van der Waals surface area contributed by atoms with Crippen molar-refractivity contribution in [3.05, 3.63) is 29.6 Å². The topological polar surface area (TPSA) is 71.5 Å². The summed E-state index contributed by atoms with van der Waals surface area (Å²) in [5, 5.41) is 12.1. The van der Waals surface area contributed by atoms with Gasteiger partial charge in [0.1, 0.15) is 5.69 Å².